The Morgan fingerprint density at radius 3 is 2.39 bits per heavy atom. The molecule has 0 radical (unpaired) electrons. The van der Waals surface area contributed by atoms with Crippen LogP contribution in [-0.4, -0.2) is 45.0 Å². The summed E-state index contributed by atoms with van der Waals surface area (Å²) >= 11 is 0. The zero-order valence-corrected chi connectivity index (χ0v) is 16.1. The molecule has 1 aliphatic rings. The van der Waals surface area contributed by atoms with E-state index in [0.717, 1.165) is 0 Å². The van der Waals surface area contributed by atoms with Crippen LogP contribution in [0.5, 0.6) is 5.75 Å². The van der Waals surface area contributed by atoms with Crippen LogP contribution < -0.4 is 20.7 Å². The third kappa shape index (κ3) is 5.01. The molecule has 0 aromatic heterocycles. The number of para-hydroxylation sites is 2. The highest BCUT2D eigenvalue weighted by Crippen LogP contribution is 2.24. The van der Waals surface area contributed by atoms with Gasteiger partial charge in [0.2, 0.25) is 0 Å². The Kier molecular flexibility index (Phi) is 5.84. The molecule has 3 N–H and O–H groups in total. The zero-order valence-electron chi connectivity index (χ0n) is 15.3. The van der Waals surface area contributed by atoms with E-state index < -0.39 is 15.9 Å². The molecule has 1 atom stereocenters. The van der Waals surface area contributed by atoms with Crippen LogP contribution in [0.3, 0.4) is 0 Å². The number of nitrogens with one attached hydrogen (secondary N) is 3. The first-order valence-corrected chi connectivity index (χ1v) is 10.5. The summed E-state index contributed by atoms with van der Waals surface area (Å²) in [6, 6.07) is 12.6. The minimum atomic E-state index is -3.06. The number of anilines is 2. The van der Waals surface area contributed by atoms with Crippen LogP contribution in [0.1, 0.15) is 16.8 Å². The van der Waals surface area contributed by atoms with E-state index in [1.807, 2.05) is 0 Å². The predicted molar refractivity (Wildman–Crippen MR) is 107 cm³/mol. The number of urea groups is 1. The first kappa shape index (κ1) is 19.7. The average molecular weight is 403 g/mol. The van der Waals surface area contributed by atoms with E-state index in [2.05, 4.69) is 16.0 Å². The van der Waals surface area contributed by atoms with Gasteiger partial charge in [-0.15, -0.1) is 0 Å². The number of carbonyl (C=O) groups excluding carboxylic acids is 2. The zero-order chi connectivity index (χ0) is 20.1. The number of carbonyl (C=O) groups is 2. The number of sulfone groups is 1. The molecule has 148 valence electrons. The highest BCUT2D eigenvalue weighted by molar-refractivity contribution is 7.91. The number of benzene rings is 2. The van der Waals surface area contributed by atoms with Gasteiger partial charge in [0.05, 0.1) is 24.3 Å². The van der Waals surface area contributed by atoms with Gasteiger partial charge in [-0.3, -0.25) is 4.79 Å². The third-order valence-electron chi connectivity index (χ3n) is 4.33. The van der Waals surface area contributed by atoms with Crippen LogP contribution in [0.4, 0.5) is 16.2 Å². The molecule has 0 bridgehead atoms. The molecule has 2 aromatic rings. The quantitative estimate of drug-likeness (QED) is 0.709. The SMILES string of the molecule is COc1ccccc1NC(=O)c1ccc(NC(=O)N[C@@H]2CCS(=O)(=O)C2)cc1. The minimum absolute atomic E-state index is 0.0392. The van der Waals surface area contributed by atoms with Gasteiger partial charge in [0.25, 0.3) is 5.91 Å². The summed E-state index contributed by atoms with van der Waals surface area (Å²) in [7, 11) is -1.53. The van der Waals surface area contributed by atoms with Crippen molar-refractivity contribution in [1.82, 2.24) is 5.32 Å². The smallest absolute Gasteiger partial charge is 0.319 e. The summed E-state index contributed by atoms with van der Waals surface area (Å²) in [5, 5.41) is 8.05. The second-order valence-corrected chi connectivity index (χ2v) is 8.66. The van der Waals surface area contributed by atoms with Crippen molar-refractivity contribution in [3.05, 3.63) is 54.1 Å². The first-order chi connectivity index (χ1) is 13.4. The van der Waals surface area contributed by atoms with Gasteiger partial charge in [0.1, 0.15) is 5.75 Å². The molecule has 1 fully saturated rings. The van der Waals surface area contributed by atoms with Crippen molar-refractivity contribution in [3.63, 3.8) is 0 Å². The van der Waals surface area contributed by atoms with Crippen LogP contribution in [-0.2, 0) is 9.84 Å². The molecule has 9 heteroatoms. The van der Waals surface area contributed by atoms with Crippen LogP contribution in [0.25, 0.3) is 0 Å². The largest absolute Gasteiger partial charge is 0.495 e. The van der Waals surface area contributed by atoms with Crippen molar-refractivity contribution in [2.24, 2.45) is 0 Å². The van der Waals surface area contributed by atoms with Gasteiger partial charge in [0.15, 0.2) is 9.84 Å². The predicted octanol–water partition coefficient (Wildman–Crippen LogP) is 2.26. The van der Waals surface area contributed by atoms with Crippen molar-refractivity contribution in [3.8, 4) is 5.75 Å². The molecule has 0 unspecified atom stereocenters. The third-order valence-corrected chi connectivity index (χ3v) is 6.10. The molecule has 2 aromatic carbocycles. The average Bonchev–Trinajstić information content (AvgIpc) is 3.00. The fourth-order valence-corrected chi connectivity index (χ4v) is 4.58. The minimum Gasteiger partial charge on any atom is -0.495 e. The van der Waals surface area contributed by atoms with Gasteiger partial charge in [0, 0.05) is 17.3 Å². The number of hydrogen-bond acceptors (Lipinski definition) is 5. The van der Waals surface area contributed by atoms with E-state index in [0.29, 0.717) is 29.1 Å². The lowest BCUT2D eigenvalue weighted by atomic mass is 10.2. The first-order valence-electron chi connectivity index (χ1n) is 8.69. The maximum atomic E-state index is 12.4. The van der Waals surface area contributed by atoms with E-state index >= 15 is 0 Å². The van der Waals surface area contributed by atoms with Crippen molar-refractivity contribution < 1.29 is 22.7 Å². The summed E-state index contributed by atoms with van der Waals surface area (Å²) in [5.41, 5.74) is 1.47. The summed E-state index contributed by atoms with van der Waals surface area (Å²) in [5.74, 6) is 0.299. The molecule has 0 aliphatic carbocycles. The molecular weight excluding hydrogens is 382 g/mol. The number of rotatable bonds is 5. The standard InChI is InChI=1S/C19H21N3O5S/c1-27-17-5-3-2-4-16(17)22-18(23)13-6-8-14(9-7-13)20-19(24)21-15-10-11-28(25,26)12-15/h2-9,15H,10-12H2,1H3,(H,22,23)(H2,20,21,24)/t15-/m1/s1. The number of amides is 3. The van der Waals surface area contributed by atoms with E-state index in [4.69, 9.17) is 4.74 Å². The lowest BCUT2D eigenvalue weighted by Gasteiger charge is -2.13. The Balaban J connectivity index is 1.57. The molecule has 8 nitrogen and oxygen atoms in total. The molecule has 1 heterocycles. The fraction of sp³-hybridized carbons (Fsp3) is 0.263. The summed E-state index contributed by atoms with van der Waals surface area (Å²) in [6.07, 6.45) is 0.414. The lowest BCUT2D eigenvalue weighted by Crippen LogP contribution is -2.38. The number of methoxy groups -OCH3 is 1. The van der Waals surface area contributed by atoms with Gasteiger partial charge in [-0.1, -0.05) is 12.1 Å². The lowest BCUT2D eigenvalue weighted by molar-refractivity contribution is 0.102. The Morgan fingerprint density at radius 2 is 1.75 bits per heavy atom. The van der Waals surface area contributed by atoms with Gasteiger partial charge < -0.3 is 20.7 Å². The van der Waals surface area contributed by atoms with Crippen molar-refractivity contribution in [2.75, 3.05) is 29.2 Å². The molecular formula is C19H21N3O5S. The summed E-state index contributed by atoms with van der Waals surface area (Å²) in [4.78, 5) is 24.4. The molecule has 0 saturated carbocycles. The maximum Gasteiger partial charge on any atom is 0.319 e. The molecule has 1 saturated heterocycles. The number of hydrogen-bond donors (Lipinski definition) is 3. The van der Waals surface area contributed by atoms with Crippen LogP contribution in [0, 0.1) is 0 Å². The molecule has 1 aliphatic heterocycles. The fourth-order valence-electron chi connectivity index (χ4n) is 2.91. The van der Waals surface area contributed by atoms with Crippen LogP contribution >= 0.6 is 0 Å². The summed E-state index contributed by atoms with van der Waals surface area (Å²) in [6.45, 7) is 0. The van der Waals surface area contributed by atoms with Crippen molar-refractivity contribution in [2.45, 2.75) is 12.5 Å². The van der Waals surface area contributed by atoms with Gasteiger partial charge in [-0.05, 0) is 42.8 Å². The molecule has 3 rings (SSSR count). The normalized spacial score (nSPS) is 17.5. The van der Waals surface area contributed by atoms with Crippen molar-refractivity contribution in [1.29, 1.82) is 0 Å². The van der Waals surface area contributed by atoms with Gasteiger partial charge in [-0.2, -0.15) is 0 Å². The van der Waals surface area contributed by atoms with E-state index in [1.165, 1.54) is 7.11 Å². The maximum absolute atomic E-state index is 12.4. The molecule has 0 spiro atoms. The topological polar surface area (TPSA) is 114 Å². The van der Waals surface area contributed by atoms with E-state index in [1.54, 1.807) is 48.5 Å². The second kappa shape index (κ2) is 8.30. The Bertz CT molecular complexity index is 973. The van der Waals surface area contributed by atoms with Gasteiger partial charge in [-0.25, -0.2) is 13.2 Å². The van der Waals surface area contributed by atoms with E-state index in [-0.39, 0.29) is 23.5 Å². The molecule has 3 amide bonds. The van der Waals surface area contributed by atoms with Crippen LogP contribution in [0.2, 0.25) is 0 Å². The van der Waals surface area contributed by atoms with E-state index in [9.17, 15) is 18.0 Å². The van der Waals surface area contributed by atoms with Crippen molar-refractivity contribution >= 4 is 33.2 Å². The van der Waals surface area contributed by atoms with Crippen LogP contribution in [0.15, 0.2) is 48.5 Å². The Hall–Kier alpha value is -3.07. The Morgan fingerprint density at radius 1 is 1.04 bits per heavy atom. The highest BCUT2D eigenvalue weighted by atomic mass is 32.2. The molecule has 28 heavy (non-hydrogen) atoms. The van der Waals surface area contributed by atoms with Gasteiger partial charge >= 0.3 is 6.03 Å². The Labute approximate surface area is 163 Å². The highest BCUT2D eigenvalue weighted by Gasteiger charge is 2.28. The monoisotopic (exact) mass is 403 g/mol. The number of ether oxygens (including phenoxy) is 1. The second-order valence-electron chi connectivity index (χ2n) is 6.43. The summed E-state index contributed by atoms with van der Waals surface area (Å²) < 4.78 is 28.1.